The van der Waals surface area contributed by atoms with Gasteiger partial charge >= 0.3 is 6.03 Å². The van der Waals surface area contributed by atoms with Gasteiger partial charge in [0.05, 0.1) is 13.2 Å². The standard InChI is InChI=1S/C19H24N2O4/c1-3-25-15-6-4-14(5-7-15)16(22)12-21-17(23)19(20-18(21)24)10-8-13(2)9-11-19/h4-7,13H,3,8-12H2,1-2H3,(H,20,24). The summed E-state index contributed by atoms with van der Waals surface area (Å²) in [5, 5.41) is 2.84. The molecule has 0 bridgehead atoms. The number of carbonyl (C=O) groups is 3. The first-order chi connectivity index (χ1) is 11.9. The Hall–Kier alpha value is -2.37. The molecule has 0 radical (unpaired) electrons. The number of Topliss-reactive ketones (excluding diaryl/α,β-unsaturated/α-hetero) is 1. The summed E-state index contributed by atoms with van der Waals surface area (Å²) in [6.07, 6.45) is 3.11. The number of hydrogen-bond donors (Lipinski definition) is 1. The molecule has 0 unspecified atom stereocenters. The first-order valence-corrected chi connectivity index (χ1v) is 8.85. The lowest BCUT2D eigenvalue weighted by Crippen LogP contribution is -2.49. The SMILES string of the molecule is CCOc1ccc(C(=O)CN2C(=O)NC3(CCC(C)CC3)C2=O)cc1. The smallest absolute Gasteiger partial charge is 0.325 e. The third-order valence-corrected chi connectivity index (χ3v) is 5.16. The molecule has 1 aromatic rings. The largest absolute Gasteiger partial charge is 0.494 e. The van der Waals surface area contributed by atoms with E-state index in [0.717, 1.165) is 17.7 Å². The number of benzene rings is 1. The van der Waals surface area contributed by atoms with Gasteiger partial charge < -0.3 is 10.1 Å². The van der Waals surface area contributed by atoms with Crippen molar-refractivity contribution in [1.29, 1.82) is 0 Å². The van der Waals surface area contributed by atoms with Crippen LogP contribution in [0.5, 0.6) is 5.75 Å². The maximum Gasteiger partial charge on any atom is 0.325 e. The molecule has 2 fully saturated rings. The molecule has 1 aliphatic heterocycles. The molecule has 1 saturated carbocycles. The summed E-state index contributed by atoms with van der Waals surface area (Å²) in [7, 11) is 0. The van der Waals surface area contributed by atoms with Gasteiger partial charge in [0.2, 0.25) is 0 Å². The topological polar surface area (TPSA) is 75.7 Å². The molecule has 6 heteroatoms. The highest BCUT2D eigenvalue weighted by Gasteiger charge is 2.52. The van der Waals surface area contributed by atoms with E-state index in [9.17, 15) is 14.4 Å². The van der Waals surface area contributed by atoms with Crippen LogP contribution in [-0.2, 0) is 4.79 Å². The van der Waals surface area contributed by atoms with E-state index < -0.39 is 11.6 Å². The molecule has 1 spiro atoms. The van der Waals surface area contributed by atoms with Crippen molar-refractivity contribution in [2.45, 2.75) is 45.1 Å². The number of carbonyl (C=O) groups excluding carboxylic acids is 3. The molecule has 0 atom stereocenters. The van der Waals surface area contributed by atoms with Crippen LogP contribution in [0.25, 0.3) is 0 Å². The lowest BCUT2D eigenvalue weighted by molar-refractivity contribution is -0.132. The molecule has 3 rings (SSSR count). The number of hydrogen-bond acceptors (Lipinski definition) is 4. The molecule has 25 heavy (non-hydrogen) atoms. The van der Waals surface area contributed by atoms with Gasteiger partial charge in [-0.1, -0.05) is 6.92 Å². The lowest BCUT2D eigenvalue weighted by Gasteiger charge is -2.33. The Morgan fingerprint density at radius 1 is 1.24 bits per heavy atom. The molecule has 1 heterocycles. The summed E-state index contributed by atoms with van der Waals surface area (Å²) in [6.45, 7) is 4.37. The number of nitrogens with zero attached hydrogens (tertiary/aromatic N) is 1. The monoisotopic (exact) mass is 344 g/mol. The number of amides is 3. The fraction of sp³-hybridized carbons (Fsp3) is 0.526. The predicted octanol–water partition coefficient (Wildman–Crippen LogP) is 2.77. The van der Waals surface area contributed by atoms with Crippen LogP contribution in [0.4, 0.5) is 4.79 Å². The van der Waals surface area contributed by atoms with Crippen LogP contribution in [0.3, 0.4) is 0 Å². The maximum atomic E-state index is 12.8. The molecule has 1 saturated heterocycles. The van der Waals surface area contributed by atoms with Crippen molar-refractivity contribution in [3.63, 3.8) is 0 Å². The average Bonchev–Trinajstić information content (AvgIpc) is 2.83. The summed E-state index contributed by atoms with van der Waals surface area (Å²) < 4.78 is 5.35. The molecule has 1 aliphatic carbocycles. The third-order valence-electron chi connectivity index (χ3n) is 5.16. The minimum atomic E-state index is -0.803. The van der Waals surface area contributed by atoms with Gasteiger partial charge in [-0.25, -0.2) is 4.79 Å². The Kier molecular flexibility index (Phi) is 4.79. The summed E-state index contributed by atoms with van der Waals surface area (Å²) in [5.41, 5.74) is -0.342. The Balaban J connectivity index is 1.68. The third kappa shape index (κ3) is 3.38. The molecular formula is C19H24N2O4. The van der Waals surface area contributed by atoms with Gasteiger partial charge in [0.1, 0.15) is 11.3 Å². The highest BCUT2D eigenvalue weighted by atomic mass is 16.5. The molecule has 2 aliphatic rings. The Morgan fingerprint density at radius 2 is 1.88 bits per heavy atom. The number of ketones is 1. The van der Waals surface area contributed by atoms with E-state index in [0.29, 0.717) is 36.7 Å². The van der Waals surface area contributed by atoms with E-state index in [2.05, 4.69) is 12.2 Å². The summed E-state index contributed by atoms with van der Waals surface area (Å²) >= 11 is 0. The fourth-order valence-corrected chi connectivity index (χ4v) is 3.55. The van der Waals surface area contributed by atoms with E-state index in [1.807, 2.05) is 6.92 Å². The number of urea groups is 1. The second-order valence-electron chi connectivity index (χ2n) is 6.97. The van der Waals surface area contributed by atoms with Gasteiger partial charge in [0.25, 0.3) is 5.91 Å². The Morgan fingerprint density at radius 3 is 2.48 bits per heavy atom. The normalized spacial score (nSPS) is 26.0. The van der Waals surface area contributed by atoms with Crippen LogP contribution in [0.15, 0.2) is 24.3 Å². The van der Waals surface area contributed by atoms with Gasteiger partial charge in [-0.2, -0.15) is 0 Å². The molecule has 6 nitrogen and oxygen atoms in total. The van der Waals surface area contributed by atoms with Gasteiger partial charge in [-0.15, -0.1) is 0 Å². The minimum absolute atomic E-state index is 0.226. The zero-order chi connectivity index (χ0) is 18.0. The van der Waals surface area contributed by atoms with Crippen LogP contribution in [0, 0.1) is 5.92 Å². The summed E-state index contributed by atoms with van der Waals surface area (Å²) in [5.74, 6) is 0.732. The first kappa shape index (κ1) is 17.5. The van der Waals surface area contributed by atoms with Crippen molar-refractivity contribution in [3.05, 3.63) is 29.8 Å². The fourth-order valence-electron chi connectivity index (χ4n) is 3.55. The van der Waals surface area contributed by atoms with Crippen molar-refractivity contribution in [2.24, 2.45) is 5.92 Å². The van der Waals surface area contributed by atoms with E-state index in [4.69, 9.17) is 4.74 Å². The van der Waals surface area contributed by atoms with E-state index in [1.165, 1.54) is 0 Å². The molecule has 134 valence electrons. The van der Waals surface area contributed by atoms with E-state index in [1.54, 1.807) is 24.3 Å². The number of rotatable bonds is 5. The van der Waals surface area contributed by atoms with Crippen LogP contribution in [0.1, 0.15) is 49.9 Å². The lowest BCUT2D eigenvalue weighted by atomic mass is 9.77. The second kappa shape index (κ2) is 6.86. The molecule has 1 N–H and O–H groups in total. The zero-order valence-electron chi connectivity index (χ0n) is 14.7. The van der Waals surface area contributed by atoms with Crippen LogP contribution in [-0.4, -0.2) is 41.3 Å². The summed E-state index contributed by atoms with van der Waals surface area (Å²) in [6, 6.07) is 6.28. The van der Waals surface area contributed by atoms with Crippen molar-refractivity contribution in [1.82, 2.24) is 10.2 Å². The molecule has 3 amide bonds. The Bertz CT molecular complexity index is 675. The van der Waals surface area contributed by atoms with Crippen molar-refractivity contribution in [3.8, 4) is 5.75 Å². The van der Waals surface area contributed by atoms with E-state index in [-0.39, 0.29) is 18.2 Å². The van der Waals surface area contributed by atoms with Crippen molar-refractivity contribution >= 4 is 17.7 Å². The zero-order valence-corrected chi connectivity index (χ0v) is 14.7. The molecular weight excluding hydrogens is 320 g/mol. The van der Waals surface area contributed by atoms with Crippen molar-refractivity contribution < 1.29 is 19.1 Å². The highest BCUT2D eigenvalue weighted by Crippen LogP contribution is 2.36. The van der Waals surface area contributed by atoms with E-state index >= 15 is 0 Å². The predicted molar refractivity (Wildman–Crippen MR) is 92.5 cm³/mol. The second-order valence-corrected chi connectivity index (χ2v) is 6.97. The quantitative estimate of drug-likeness (QED) is 0.658. The first-order valence-electron chi connectivity index (χ1n) is 8.85. The van der Waals surface area contributed by atoms with Gasteiger partial charge in [0, 0.05) is 5.56 Å². The van der Waals surface area contributed by atoms with Gasteiger partial charge in [-0.3, -0.25) is 14.5 Å². The van der Waals surface area contributed by atoms with Gasteiger partial charge in [0.15, 0.2) is 5.78 Å². The van der Waals surface area contributed by atoms with Crippen LogP contribution < -0.4 is 10.1 Å². The Labute approximate surface area is 147 Å². The minimum Gasteiger partial charge on any atom is -0.494 e. The van der Waals surface area contributed by atoms with Crippen molar-refractivity contribution in [2.75, 3.05) is 13.2 Å². The van der Waals surface area contributed by atoms with Crippen LogP contribution in [0.2, 0.25) is 0 Å². The summed E-state index contributed by atoms with van der Waals surface area (Å²) in [4.78, 5) is 38.6. The highest BCUT2D eigenvalue weighted by molar-refractivity contribution is 6.11. The number of imide groups is 1. The molecule has 0 aromatic heterocycles. The molecule has 1 aromatic carbocycles. The van der Waals surface area contributed by atoms with Gasteiger partial charge in [-0.05, 0) is 62.8 Å². The maximum absolute atomic E-state index is 12.8. The number of nitrogens with one attached hydrogen (secondary N) is 1. The average molecular weight is 344 g/mol. The number of ether oxygens (including phenoxy) is 1. The van der Waals surface area contributed by atoms with Crippen LogP contribution >= 0.6 is 0 Å².